The molecule has 0 spiro atoms. The quantitative estimate of drug-likeness (QED) is 0.385. The number of amides is 3. The van der Waals surface area contributed by atoms with Crippen LogP contribution in [-0.2, 0) is 21.4 Å². The molecule has 194 valence electrons. The molecule has 6 rings (SSSR count). The fraction of sp³-hybridized carbons (Fsp3) is 0.310. The Labute approximate surface area is 224 Å². The molecule has 1 saturated heterocycles. The second-order valence-electron chi connectivity index (χ2n) is 10.3. The molecule has 2 aromatic carbocycles. The number of benzene rings is 2. The fourth-order valence-corrected chi connectivity index (χ4v) is 6.48. The number of hydrogen-bond acceptors (Lipinski definition) is 4. The summed E-state index contributed by atoms with van der Waals surface area (Å²) in [5, 5.41) is 3.28. The van der Waals surface area contributed by atoms with Crippen molar-refractivity contribution >= 4 is 35.0 Å². The number of allylic oxidation sites excluding steroid dienone is 2. The van der Waals surface area contributed by atoms with Crippen LogP contribution in [0.5, 0.6) is 0 Å². The summed E-state index contributed by atoms with van der Waals surface area (Å²) in [6.45, 7) is 1.75. The number of likely N-dealkylation sites (tertiary alicyclic amines) is 1. The van der Waals surface area contributed by atoms with Gasteiger partial charge in [-0.3, -0.25) is 28.8 Å². The standard InChI is InChI=1S/C29H27ClN4O4/c1-16-26(29(38)34(32(16)2)21-6-4-3-5-7-21)31-23(35)15-22(17-10-12-20(30)13-11-17)33-27(36)24-18-8-9-19(14-18)25(24)28(33)37/h3-13,18-19,22,24-25H,14-15H2,1-2H3,(H,31,35). The van der Waals surface area contributed by atoms with Crippen LogP contribution in [0.4, 0.5) is 5.69 Å². The van der Waals surface area contributed by atoms with Gasteiger partial charge in [0.25, 0.3) is 5.56 Å². The first-order chi connectivity index (χ1) is 18.3. The van der Waals surface area contributed by atoms with Crippen LogP contribution in [0.15, 0.2) is 71.5 Å². The molecule has 9 heteroatoms. The lowest BCUT2D eigenvalue weighted by molar-refractivity contribution is -0.144. The van der Waals surface area contributed by atoms with E-state index in [2.05, 4.69) is 5.32 Å². The minimum atomic E-state index is -0.808. The normalized spacial score (nSPS) is 24.2. The van der Waals surface area contributed by atoms with E-state index in [4.69, 9.17) is 11.6 Å². The average Bonchev–Trinajstić information content (AvgIpc) is 3.64. The van der Waals surface area contributed by atoms with E-state index in [1.54, 1.807) is 42.9 Å². The lowest BCUT2D eigenvalue weighted by Gasteiger charge is -2.28. The van der Waals surface area contributed by atoms with E-state index in [1.165, 1.54) is 9.58 Å². The van der Waals surface area contributed by atoms with Crippen molar-refractivity contribution in [3.63, 3.8) is 0 Å². The first kappa shape index (κ1) is 24.4. The van der Waals surface area contributed by atoms with E-state index in [0.717, 1.165) is 6.42 Å². The lowest BCUT2D eigenvalue weighted by atomic mass is 9.85. The fourth-order valence-electron chi connectivity index (χ4n) is 6.35. The maximum atomic E-state index is 13.6. The molecule has 8 nitrogen and oxygen atoms in total. The zero-order chi connectivity index (χ0) is 26.7. The zero-order valence-corrected chi connectivity index (χ0v) is 21.8. The minimum Gasteiger partial charge on any atom is -0.320 e. The average molecular weight is 531 g/mol. The van der Waals surface area contributed by atoms with Crippen molar-refractivity contribution in [2.24, 2.45) is 30.7 Å². The first-order valence-corrected chi connectivity index (χ1v) is 13.1. The number of carbonyl (C=O) groups is 3. The van der Waals surface area contributed by atoms with Gasteiger partial charge in [-0.1, -0.05) is 54.1 Å². The van der Waals surface area contributed by atoms with Gasteiger partial charge in [-0.25, -0.2) is 4.68 Å². The van der Waals surface area contributed by atoms with Crippen molar-refractivity contribution in [3.8, 4) is 5.69 Å². The minimum absolute atomic E-state index is 0.0644. The van der Waals surface area contributed by atoms with Crippen LogP contribution < -0.4 is 10.9 Å². The molecular formula is C29H27ClN4O4. The maximum Gasteiger partial charge on any atom is 0.295 e. The Hall–Kier alpha value is -3.91. The summed E-state index contributed by atoms with van der Waals surface area (Å²) in [7, 11) is 1.75. The third-order valence-corrected chi connectivity index (χ3v) is 8.52. The van der Waals surface area contributed by atoms with E-state index >= 15 is 0 Å². The molecule has 2 bridgehead atoms. The van der Waals surface area contributed by atoms with Crippen LogP contribution in [-0.4, -0.2) is 32.0 Å². The molecule has 2 aliphatic carbocycles. The molecule has 5 unspecified atom stereocenters. The Morgan fingerprint density at radius 1 is 0.974 bits per heavy atom. The number of aromatic nitrogens is 2. The van der Waals surface area contributed by atoms with E-state index < -0.39 is 11.9 Å². The summed E-state index contributed by atoms with van der Waals surface area (Å²) >= 11 is 6.10. The number of anilines is 1. The van der Waals surface area contributed by atoms with Crippen LogP contribution in [0.25, 0.3) is 5.69 Å². The molecule has 3 amide bonds. The molecule has 3 aromatic rings. The van der Waals surface area contributed by atoms with Crippen LogP contribution >= 0.6 is 11.6 Å². The van der Waals surface area contributed by atoms with Crippen molar-refractivity contribution < 1.29 is 14.4 Å². The number of rotatable bonds is 6. The monoisotopic (exact) mass is 530 g/mol. The van der Waals surface area contributed by atoms with Gasteiger partial charge in [0.2, 0.25) is 17.7 Å². The SMILES string of the molecule is Cc1c(NC(=O)CC(c2ccc(Cl)cc2)N2C(=O)C3C4C=CC(C4)C3C2=O)c(=O)n(-c2ccccc2)n1C. The number of halogens is 1. The van der Waals surface area contributed by atoms with Gasteiger partial charge in [-0.15, -0.1) is 0 Å². The Morgan fingerprint density at radius 2 is 1.58 bits per heavy atom. The van der Waals surface area contributed by atoms with Crippen LogP contribution in [0.1, 0.15) is 30.1 Å². The zero-order valence-electron chi connectivity index (χ0n) is 21.0. The smallest absolute Gasteiger partial charge is 0.295 e. The van der Waals surface area contributed by atoms with Crippen LogP contribution in [0.2, 0.25) is 5.02 Å². The molecule has 1 aliphatic heterocycles. The molecule has 1 aromatic heterocycles. The predicted molar refractivity (Wildman–Crippen MR) is 143 cm³/mol. The van der Waals surface area contributed by atoms with E-state index in [9.17, 15) is 19.2 Å². The molecule has 0 radical (unpaired) electrons. The highest BCUT2D eigenvalue weighted by Crippen LogP contribution is 2.54. The van der Waals surface area contributed by atoms with E-state index in [0.29, 0.717) is 22.0 Å². The maximum absolute atomic E-state index is 13.6. The predicted octanol–water partition coefficient (Wildman–Crippen LogP) is 4.01. The van der Waals surface area contributed by atoms with Crippen LogP contribution in [0, 0.1) is 30.6 Å². The van der Waals surface area contributed by atoms with E-state index in [-0.39, 0.29) is 53.2 Å². The topological polar surface area (TPSA) is 93.4 Å². The molecule has 3 aliphatic rings. The molecule has 5 atom stereocenters. The van der Waals surface area contributed by atoms with Crippen molar-refractivity contribution in [2.75, 3.05) is 5.32 Å². The molecule has 1 N–H and O–H groups in total. The van der Waals surface area contributed by atoms with Crippen molar-refractivity contribution in [3.05, 3.63) is 93.4 Å². The molecule has 1 saturated carbocycles. The van der Waals surface area contributed by atoms with Gasteiger partial charge >= 0.3 is 0 Å². The van der Waals surface area contributed by atoms with Crippen molar-refractivity contribution in [1.82, 2.24) is 14.3 Å². The molecule has 2 fully saturated rings. The summed E-state index contributed by atoms with van der Waals surface area (Å²) in [4.78, 5) is 55.2. The third kappa shape index (κ3) is 3.74. The summed E-state index contributed by atoms with van der Waals surface area (Å²) < 4.78 is 3.17. The highest BCUT2D eigenvalue weighted by atomic mass is 35.5. The Kier molecular flexibility index (Phi) is 5.87. The summed E-state index contributed by atoms with van der Waals surface area (Å²) in [5.74, 6) is -1.53. The van der Waals surface area contributed by atoms with Gasteiger partial charge in [-0.2, -0.15) is 0 Å². The van der Waals surface area contributed by atoms with Gasteiger partial charge in [0.15, 0.2) is 0 Å². The van der Waals surface area contributed by atoms with Gasteiger partial charge in [0.1, 0.15) is 5.69 Å². The Balaban J connectivity index is 1.31. The number of nitrogens with zero attached hydrogens (tertiary/aromatic N) is 3. The highest BCUT2D eigenvalue weighted by molar-refractivity contribution is 6.30. The number of carbonyl (C=O) groups excluding carboxylic acids is 3. The Bertz CT molecular complexity index is 1510. The molecule has 2 heterocycles. The summed E-state index contributed by atoms with van der Waals surface area (Å²) in [6, 6.07) is 15.2. The number of para-hydroxylation sites is 1. The van der Waals surface area contributed by atoms with Gasteiger partial charge in [-0.05, 0) is 55.0 Å². The molecular weight excluding hydrogens is 504 g/mol. The van der Waals surface area contributed by atoms with Crippen molar-refractivity contribution in [1.29, 1.82) is 0 Å². The van der Waals surface area contributed by atoms with Crippen molar-refractivity contribution in [2.45, 2.75) is 25.8 Å². The van der Waals surface area contributed by atoms with Crippen LogP contribution in [0.3, 0.4) is 0 Å². The first-order valence-electron chi connectivity index (χ1n) is 12.7. The Morgan fingerprint density at radius 3 is 2.18 bits per heavy atom. The number of hydrogen-bond donors (Lipinski definition) is 1. The third-order valence-electron chi connectivity index (χ3n) is 8.27. The largest absolute Gasteiger partial charge is 0.320 e. The summed E-state index contributed by atoms with van der Waals surface area (Å²) in [6.07, 6.45) is 4.73. The second-order valence-corrected chi connectivity index (χ2v) is 10.7. The summed E-state index contributed by atoms with van der Waals surface area (Å²) in [5.41, 5.74) is 1.69. The van der Waals surface area contributed by atoms with E-state index in [1.807, 2.05) is 42.5 Å². The molecule has 38 heavy (non-hydrogen) atoms. The van der Waals surface area contributed by atoms with Gasteiger partial charge < -0.3 is 5.32 Å². The second kappa shape index (κ2) is 9.13. The lowest BCUT2D eigenvalue weighted by Crippen LogP contribution is -2.38. The van der Waals surface area contributed by atoms with Gasteiger partial charge in [0, 0.05) is 12.1 Å². The number of nitrogens with one attached hydrogen (secondary N) is 1. The number of imide groups is 1. The van der Waals surface area contributed by atoms with Gasteiger partial charge in [0.05, 0.1) is 35.7 Å². The highest BCUT2D eigenvalue weighted by Gasteiger charge is 2.60. The number of fused-ring (bicyclic) bond motifs is 5.